The van der Waals surface area contributed by atoms with Gasteiger partial charge in [0.2, 0.25) is 0 Å². The van der Waals surface area contributed by atoms with Gasteiger partial charge in [-0.1, -0.05) is 13.8 Å². The lowest BCUT2D eigenvalue weighted by Crippen LogP contribution is -2.41. The third-order valence-electron chi connectivity index (χ3n) is 2.06. The number of carbonyl (C=O) groups is 1. The molecule has 0 aromatic carbocycles. The highest BCUT2D eigenvalue weighted by molar-refractivity contribution is 5.79. The minimum Gasteiger partial charge on any atom is -0.313 e. The van der Waals surface area contributed by atoms with Crippen LogP contribution in [-0.2, 0) is 4.79 Å². The normalized spacial score (nSPS) is 27.5. The Bertz CT molecular complexity index is 131. The van der Waals surface area contributed by atoms with Crippen LogP contribution in [0.25, 0.3) is 0 Å². The Morgan fingerprint density at radius 2 is 2.30 bits per heavy atom. The molecular weight excluding hydrogens is 126 g/mol. The third-order valence-corrected chi connectivity index (χ3v) is 2.06. The second-order valence-electron chi connectivity index (χ2n) is 3.30. The Morgan fingerprint density at radius 3 is 2.70 bits per heavy atom. The first kappa shape index (κ1) is 7.73. The van der Waals surface area contributed by atoms with Gasteiger partial charge in [0.1, 0.15) is 5.78 Å². The van der Waals surface area contributed by atoms with E-state index in [1.165, 1.54) is 0 Å². The molecule has 1 fully saturated rings. The largest absolute Gasteiger partial charge is 0.313 e. The molecule has 1 aliphatic heterocycles. The van der Waals surface area contributed by atoms with Crippen molar-refractivity contribution in [3.05, 3.63) is 0 Å². The minimum atomic E-state index is 0.414. The molecule has 1 N–H and O–H groups in total. The summed E-state index contributed by atoms with van der Waals surface area (Å²) in [5.41, 5.74) is 0. The summed E-state index contributed by atoms with van der Waals surface area (Å²) in [6.07, 6.45) is 1.46. The average molecular weight is 141 g/mol. The molecule has 0 saturated carbocycles. The second kappa shape index (κ2) is 3.15. The van der Waals surface area contributed by atoms with E-state index in [2.05, 4.69) is 19.2 Å². The molecule has 0 radical (unpaired) electrons. The molecule has 0 bridgehead atoms. The van der Waals surface area contributed by atoms with Crippen molar-refractivity contribution in [3.8, 4) is 0 Å². The number of hydrogen-bond acceptors (Lipinski definition) is 2. The molecule has 10 heavy (non-hydrogen) atoms. The van der Waals surface area contributed by atoms with Gasteiger partial charge in [-0.05, 0) is 5.92 Å². The molecule has 1 saturated heterocycles. The number of ketones is 1. The summed E-state index contributed by atoms with van der Waals surface area (Å²) in [7, 11) is 0. The lowest BCUT2D eigenvalue weighted by atomic mass is 9.94. The Hall–Kier alpha value is -0.370. The highest BCUT2D eigenvalue weighted by Gasteiger charge is 2.20. The summed E-state index contributed by atoms with van der Waals surface area (Å²) in [6, 6.07) is 0.432. The number of hydrogen-bond donors (Lipinski definition) is 1. The van der Waals surface area contributed by atoms with E-state index < -0.39 is 0 Å². The fourth-order valence-electron chi connectivity index (χ4n) is 1.29. The fraction of sp³-hybridized carbons (Fsp3) is 0.875. The lowest BCUT2D eigenvalue weighted by molar-refractivity contribution is -0.120. The van der Waals surface area contributed by atoms with Crippen LogP contribution in [0.3, 0.4) is 0 Å². The van der Waals surface area contributed by atoms with Gasteiger partial charge in [0.05, 0.1) is 0 Å². The first-order chi connectivity index (χ1) is 4.70. The van der Waals surface area contributed by atoms with Crippen LogP contribution >= 0.6 is 0 Å². The zero-order valence-electron chi connectivity index (χ0n) is 6.68. The van der Waals surface area contributed by atoms with E-state index in [9.17, 15) is 4.79 Å². The first-order valence-corrected chi connectivity index (χ1v) is 3.95. The molecule has 0 unspecified atom stereocenters. The van der Waals surface area contributed by atoms with Gasteiger partial charge in [0.25, 0.3) is 0 Å². The second-order valence-corrected chi connectivity index (χ2v) is 3.30. The summed E-state index contributed by atoms with van der Waals surface area (Å²) >= 11 is 0. The zero-order valence-corrected chi connectivity index (χ0v) is 6.68. The van der Waals surface area contributed by atoms with Crippen molar-refractivity contribution in [2.45, 2.75) is 32.7 Å². The predicted octanol–water partition coefficient (Wildman–Crippen LogP) is 0.964. The lowest BCUT2D eigenvalue weighted by Gasteiger charge is -2.25. The summed E-state index contributed by atoms with van der Waals surface area (Å²) in [5, 5.41) is 3.33. The Balaban J connectivity index is 2.39. The van der Waals surface area contributed by atoms with Crippen molar-refractivity contribution < 1.29 is 4.79 Å². The van der Waals surface area contributed by atoms with Gasteiger partial charge in [-0.25, -0.2) is 0 Å². The van der Waals surface area contributed by atoms with Gasteiger partial charge in [-0.3, -0.25) is 4.79 Å². The maximum absolute atomic E-state index is 10.9. The van der Waals surface area contributed by atoms with Crippen LogP contribution in [0, 0.1) is 5.92 Å². The molecule has 0 spiro atoms. The Morgan fingerprint density at radius 1 is 1.60 bits per heavy atom. The fourth-order valence-corrected chi connectivity index (χ4v) is 1.29. The van der Waals surface area contributed by atoms with Crippen LogP contribution in [0.2, 0.25) is 0 Å². The van der Waals surface area contributed by atoms with Crippen molar-refractivity contribution in [2.75, 3.05) is 6.54 Å². The average Bonchev–Trinajstić information content (AvgIpc) is 1.88. The van der Waals surface area contributed by atoms with Crippen molar-refractivity contribution in [3.63, 3.8) is 0 Å². The van der Waals surface area contributed by atoms with Crippen LogP contribution < -0.4 is 5.32 Å². The number of Topliss-reactive ketones (excluding diaryl/α,β-unsaturated/α-hetero) is 1. The van der Waals surface area contributed by atoms with Gasteiger partial charge in [0, 0.05) is 25.4 Å². The topological polar surface area (TPSA) is 29.1 Å². The van der Waals surface area contributed by atoms with Crippen LogP contribution in [0.15, 0.2) is 0 Å². The molecule has 0 aromatic rings. The highest BCUT2D eigenvalue weighted by atomic mass is 16.1. The smallest absolute Gasteiger partial charge is 0.135 e. The Kier molecular flexibility index (Phi) is 2.44. The van der Waals surface area contributed by atoms with Crippen LogP contribution in [-0.4, -0.2) is 18.4 Å². The SMILES string of the molecule is CC(C)[C@@H]1CC(=O)CCN1. The maximum Gasteiger partial charge on any atom is 0.135 e. The van der Waals surface area contributed by atoms with E-state index in [1.54, 1.807) is 0 Å². The van der Waals surface area contributed by atoms with E-state index in [4.69, 9.17) is 0 Å². The van der Waals surface area contributed by atoms with Crippen molar-refractivity contribution in [1.82, 2.24) is 5.32 Å². The van der Waals surface area contributed by atoms with E-state index in [0.717, 1.165) is 19.4 Å². The monoisotopic (exact) mass is 141 g/mol. The summed E-state index contributed by atoms with van der Waals surface area (Å²) in [4.78, 5) is 10.9. The van der Waals surface area contributed by atoms with Crippen LogP contribution in [0.1, 0.15) is 26.7 Å². The van der Waals surface area contributed by atoms with Crippen molar-refractivity contribution >= 4 is 5.78 Å². The summed E-state index contributed by atoms with van der Waals surface area (Å²) < 4.78 is 0. The van der Waals surface area contributed by atoms with Gasteiger partial charge in [0.15, 0.2) is 0 Å². The zero-order chi connectivity index (χ0) is 7.56. The minimum absolute atomic E-state index is 0.414. The van der Waals surface area contributed by atoms with Crippen molar-refractivity contribution in [1.29, 1.82) is 0 Å². The number of piperidine rings is 1. The quantitative estimate of drug-likeness (QED) is 0.589. The molecule has 1 aliphatic rings. The molecule has 2 heteroatoms. The molecule has 1 atom stereocenters. The maximum atomic E-state index is 10.9. The molecule has 0 amide bonds. The number of carbonyl (C=O) groups excluding carboxylic acids is 1. The highest BCUT2D eigenvalue weighted by Crippen LogP contribution is 2.11. The van der Waals surface area contributed by atoms with Crippen LogP contribution in [0.4, 0.5) is 0 Å². The Labute approximate surface area is 62.0 Å². The number of nitrogens with one attached hydrogen (secondary N) is 1. The molecule has 1 heterocycles. The third kappa shape index (κ3) is 1.81. The van der Waals surface area contributed by atoms with E-state index >= 15 is 0 Å². The molecule has 1 rings (SSSR count). The molecule has 2 nitrogen and oxygen atoms in total. The first-order valence-electron chi connectivity index (χ1n) is 3.95. The van der Waals surface area contributed by atoms with E-state index in [1.807, 2.05) is 0 Å². The van der Waals surface area contributed by atoms with Gasteiger partial charge in [-0.15, -0.1) is 0 Å². The van der Waals surface area contributed by atoms with Crippen molar-refractivity contribution in [2.24, 2.45) is 5.92 Å². The van der Waals surface area contributed by atoms with Gasteiger partial charge >= 0.3 is 0 Å². The molecular formula is C8H15NO. The summed E-state index contributed by atoms with van der Waals surface area (Å²) in [5.74, 6) is 1.00. The van der Waals surface area contributed by atoms with E-state index in [-0.39, 0.29) is 0 Å². The molecule has 58 valence electrons. The van der Waals surface area contributed by atoms with Gasteiger partial charge < -0.3 is 5.32 Å². The summed E-state index contributed by atoms with van der Waals surface area (Å²) in [6.45, 7) is 5.17. The molecule has 0 aliphatic carbocycles. The van der Waals surface area contributed by atoms with Crippen LogP contribution in [0.5, 0.6) is 0 Å². The standard InChI is InChI=1S/C8H15NO/c1-6(2)8-5-7(10)3-4-9-8/h6,8-9H,3-5H2,1-2H3/t8-/m0/s1. The molecule has 0 aromatic heterocycles. The van der Waals surface area contributed by atoms with Gasteiger partial charge in [-0.2, -0.15) is 0 Å². The predicted molar refractivity (Wildman–Crippen MR) is 40.9 cm³/mol. The number of rotatable bonds is 1. The van der Waals surface area contributed by atoms with E-state index in [0.29, 0.717) is 17.7 Å².